The normalized spacial score (nSPS) is 12.6. The number of methoxy groups -OCH3 is 1. The highest BCUT2D eigenvalue weighted by Crippen LogP contribution is 2.32. The highest BCUT2D eigenvalue weighted by Gasteiger charge is 2.15. The molecule has 1 unspecified atom stereocenters. The molecule has 0 saturated carbocycles. The maximum atomic E-state index is 6.29. The summed E-state index contributed by atoms with van der Waals surface area (Å²) >= 11 is 9.45. The van der Waals surface area contributed by atoms with Crippen LogP contribution in [0.2, 0.25) is 5.02 Å². The van der Waals surface area contributed by atoms with Crippen LogP contribution in [0.1, 0.15) is 17.4 Å². The predicted octanol–water partition coefficient (Wildman–Crippen LogP) is 4.91. The standard InChI is InChI=1S/C16H13BrClNO2/c1-20-14-4-2-9(7-12(14)17)16(19)15-8-10-6-11(18)3-5-13(10)21-15/h2-8,16H,19H2,1H3. The van der Waals surface area contributed by atoms with Gasteiger partial charge in [0.05, 0.1) is 17.6 Å². The van der Waals surface area contributed by atoms with Crippen molar-refractivity contribution in [1.29, 1.82) is 0 Å². The van der Waals surface area contributed by atoms with Crippen molar-refractivity contribution >= 4 is 38.5 Å². The second-order valence-corrected chi connectivity index (χ2v) is 5.99. The zero-order valence-electron chi connectivity index (χ0n) is 11.3. The van der Waals surface area contributed by atoms with Crippen molar-refractivity contribution < 1.29 is 9.15 Å². The second kappa shape index (κ2) is 5.72. The van der Waals surface area contributed by atoms with Crippen LogP contribution in [0.4, 0.5) is 0 Å². The van der Waals surface area contributed by atoms with Gasteiger partial charge in [0, 0.05) is 10.4 Å². The Bertz CT molecular complexity index is 800. The van der Waals surface area contributed by atoms with Crippen molar-refractivity contribution in [1.82, 2.24) is 0 Å². The summed E-state index contributed by atoms with van der Waals surface area (Å²) in [5, 5.41) is 1.62. The maximum absolute atomic E-state index is 6.29. The minimum absolute atomic E-state index is 0.349. The molecule has 3 nitrogen and oxygen atoms in total. The number of benzene rings is 2. The third-order valence-corrected chi connectivity index (χ3v) is 4.19. The third-order valence-electron chi connectivity index (χ3n) is 3.34. The molecule has 0 aliphatic heterocycles. The molecular formula is C16H13BrClNO2. The molecule has 3 rings (SSSR count). The Hall–Kier alpha value is -1.49. The molecule has 1 heterocycles. The van der Waals surface area contributed by atoms with Crippen molar-refractivity contribution in [2.75, 3.05) is 7.11 Å². The Morgan fingerprint density at radius 1 is 1.19 bits per heavy atom. The van der Waals surface area contributed by atoms with Crippen LogP contribution < -0.4 is 10.5 Å². The summed E-state index contributed by atoms with van der Waals surface area (Å²) in [5.41, 5.74) is 8.00. The molecule has 3 aromatic rings. The fourth-order valence-electron chi connectivity index (χ4n) is 2.23. The van der Waals surface area contributed by atoms with Crippen LogP contribution in [-0.2, 0) is 0 Å². The Morgan fingerprint density at radius 3 is 2.71 bits per heavy atom. The molecule has 5 heteroatoms. The molecule has 0 amide bonds. The molecule has 0 aliphatic carbocycles. The molecule has 0 fully saturated rings. The molecule has 1 aromatic heterocycles. The highest BCUT2D eigenvalue weighted by atomic mass is 79.9. The van der Waals surface area contributed by atoms with Gasteiger partial charge in [-0.2, -0.15) is 0 Å². The lowest BCUT2D eigenvalue weighted by Gasteiger charge is -2.11. The first-order chi connectivity index (χ1) is 10.1. The lowest BCUT2D eigenvalue weighted by atomic mass is 10.1. The van der Waals surface area contributed by atoms with Gasteiger partial charge in [0.2, 0.25) is 0 Å². The molecule has 2 N–H and O–H groups in total. The largest absolute Gasteiger partial charge is 0.496 e. The Kier molecular flexibility index (Phi) is 3.93. The molecule has 108 valence electrons. The van der Waals surface area contributed by atoms with Gasteiger partial charge in [-0.15, -0.1) is 0 Å². The summed E-state index contributed by atoms with van der Waals surface area (Å²) in [6, 6.07) is 12.8. The van der Waals surface area contributed by atoms with Crippen molar-refractivity contribution in [3.05, 3.63) is 63.3 Å². The molecular weight excluding hydrogens is 354 g/mol. The van der Waals surface area contributed by atoms with Gasteiger partial charge < -0.3 is 14.9 Å². The first-order valence-electron chi connectivity index (χ1n) is 6.36. The minimum atomic E-state index is -0.349. The highest BCUT2D eigenvalue weighted by molar-refractivity contribution is 9.10. The monoisotopic (exact) mass is 365 g/mol. The van der Waals surface area contributed by atoms with Gasteiger partial charge in [0.15, 0.2) is 0 Å². The van der Waals surface area contributed by atoms with E-state index < -0.39 is 0 Å². The quantitative estimate of drug-likeness (QED) is 0.717. The van der Waals surface area contributed by atoms with E-state index in [2.05, 4.69) is 15.9 Å². The molecule has 1 atom stereocenters. The first-order valence-corrected chi connectivity index (χ1v) is 7.53. The van der Waals surface area contributed by atoms with Gasteiger partial charge in [0.25, 0.3) is 0 Å². The fourth-order valence-corrected chi connectivity index (χ4v) is 2.97. The zero-order valence-corrected chi connectivity index (χ0v) is 13.6. The van der Waals surface area contributed by atoms with Crippen LogP contribution in [0.5, 0.6) is 5.75 Å². The van der Waals surface area contributed by atoms with E-state index in [0.29, 0.717) is 10.8 Å². The van der Waals surface area contributed by atoms with Crippen LogP contribution in [0, 0.1) is 0 Å². The number of halogens is 2. The summed E-state index contributed by atoms with van der Waals surface area (Å²) in [6.45, 7) is 0. The minimum Gasteiger partial charge on any atom is -0.496 e. The molecule has 21 heavy (non-hydrogen) atoms. The Morgan fingerprint density at radius 2 is 2.00 bits per heavy atom. The number of ether oxygens (including phenoxy) is 1. The second-order valence-electron chi connectivity index (χ2n) is 4.70. The van der Waals surface area contributed by atoms with E-state index >= 15 is 0 Å². The van der Waals surface area contributed by atoms with Crippen LogP contribution >= 0.6 is 27.5 Å². The number of hydrogen-bond donors (Lipinski definition) is 1. The Labute approximate surface area is 135 Å². The Balaban J connectivity index is 1.99. The smallest absolute Gasteiger partial charge is 0.134 e. The molecule has 0 aliphatic rings. The molecule has 2 aromatic carbocycles. The van der Waals surface area contributed by atoms with Crippen LogP contribution in [0.3, 0.4) is 0 Å². The zero-order chi connectivity index (χ0) is 15.0. The fraction of sp³-hybridized carbons (Fsp3) is 0.125. The third kappa shape index (κ3) is 2.79. The van der Waals surface area contributed by atoms with E-state index in [0.717, 1.165) is 26.8 Å². The molecule has 0 bridgehead atoms. The van der Waals surface area contributed by atoms with Crippen LogP contribution in [0.15, 0.2) is 51.4 Å². The van der Waals surface area contributed by atoms with E-state index in [1.165, 1.54) is 0 Å². The predicted molar refractivity (Wildman–Crippen MR) is 87.9 cm³/mol. The van der Waals surface area contributed by atoms with E-state index in [1.54, 1.807) is 13.2 Å². The van der Waals surface area contributed by atoms with Crippen LogP contribution in [-0.4, -0.2) is 7.11 Å². The summed E-state index contributed by atoms with van der Waals surface area (Å²) in [4.78, 5) is 0. The van der Waals surface area contributed by atoms with E-state index in [-0.39, 0.29) is 6.04 Å². The number of fused-ring (bicyclic) bond motifs is 1. The van der Waals surface area contributed by atoms with Gasteiger partial charge >= 0.3 is 0 Å². The van der Waals surface area contributed by atoms with Crippen molar-refractivity contribution in [2.24, 2.45) is 5.73 Å². The van der Waals surface area contributed by atoms with Crippen molar-refractivity contribution in [3.8, 4) is 5.75 Å². The SMILES string of the molecule is COc1ccc(C(N)c2cc3cc(Cl)ccc3o2)cc1Br. The lowest BCUT2D eigenvalue weighted by Crippen LogP contribution is -2.10. The van der Waals surface area contributed by atoms with Gasteiger partial charge in [-0.1, -0.05) is 17.7 Å². The summed E-state index contributed by atoms with van der Waals surface area (Å²) in [5.74, 6) is 1.46. The van der Waals surface area contributed by atoms with Crippen molar-refractivity contribution in [3.63, 3.8) is 0 Å². The molecule has 0 saturated heterocycles. The number of rotatable bonds is 3. The average Bonchev–Trinajstić information content (AvgIpc) is 2.89. The van der Waals surface area contributed by atoms with Gasteiger partial charge in [-0.3, -0.25) is 0 Å². The summed E-state index contributed by atoms with van der Waals surface area (Å²) < 4.78 is 11.9. The molecule has 0 spiro atoms. The van der Waals surface area contributed by atoms with Gasteiger partial charge in [0.1, 0.15) is 17.1 Å². The topological polar surface area (TPSA) is 48.4 Å². The average molecular weight is 367 g/mol. The van der Waals surface area contributed by atoms with Crippen molar-refractivity contribution in [2.45, 2.75) is 6.04 Å². The first kappa shape index (κ1) is 14.4. The van der Waals surface area contributed by atoms with Crippen LogP contribution in [0.25, 0.3) is 11.0 Å². The number of furan rings is 1. The summed E-state index contributed by atoms with van der Waals surface area (Å²) in [6.07, 6.45) is 0. The van der Waals surface area contributed by atoms with E-state index in [9.17, 15) is 0 Å². The lowest BCUT2D eigenvalue weighted by molar-refractivity contribution is 0.411. The summed E-state index contributed by atoms with van der Waals surface area (Å²) in [7, 11) is 1.63. The van der Waals surface area contributed by atoms with Gasteiger partial charge in [-0.25, -0.2) is 0 Å². The van der Waals surface area contributed by atoms with E-state index in [1.807, 2.05) is 36.4 Å². The molecule has 0 radical (unpaired) electrons. The maximum Gasteiger partial charge on any atom is 0.134 e. The van der Waals surface area contributed by atoms with Gasteiger partial charge in [-0.05, 0) is 57.9 Å². The van der Waals surface area contributed by atoms with E-state index in [4.69, 9.17) is 26.5 Å². The number of hydrogen-bond acceptors (Lipinski definition) is 3. The number of nitrogens with two attached hydrogens (primary N) is 1.